The smallest absolute Gasteiger partial charge is 0.205 e. The first kappa shape index (κ1) is 14.9. The zero-order chi connectivity index (χ0) is 17.6. The van der Waals surface area contributed by atoms with Crippen LogP contribution in [0.4, 0.5) is 0 Å². The summed E-state index contributed by atoms with van der Waals surface area (Å²) in [5.74, 6) is -0.298. The first-order chi connectivity index (χ1) is 12.1. The second kappa shape index (κ2) is 5.46. The van der Waals surface area contributed by atoms with Crippen molar-refractivity contribution in [3.05, 3.63) is 77.2 Å². The fourth-order valence-electron chi connectivity index (χ4n) is 3.25. The normalized spacial score (nSPS) is 16.2. The van der Waals surface area contributed by atoms with E-state index in [0.717, 1.165) is 16.3 Å². The van der Waals surface area contributed by atoms with Gasteiger partial charge in [-0.05, 0) is 23.1 Å². The Labute approximate surface area is 143 Å². The number of fused-ring (bicyclic) bond motifs is 3. The Morgan fingerprint density at radius 2 is 1.80 bits per heavy atom. The van der Waals surface area contributed by atoms with Gasteiger partial charge in [0.15, 0.2) is 11.5 Å². The number of benzene rings is 3. The van der Waals surface area contributed by atoms with Gasteiger partial charge in [0.1, 0.15) is 17.4 Å². The van der Waals surface area contributed by atoms with E-state index in [1.54, 1.807) is 6.07 Å². The molecule has 0 aliphatic carbocycles. The topological polar surface area (TPSA) is 99.5 Å². The van der Waals surface area contributed by atoms with Crippen molar-refractivity contribution in [3.8, 4) is 23.3 Å². The Kier molecular flexibility index (Phi) is 3.26. The molecule has 0 amide bonds. The molecule has 0 fully saturated rings. The number of hydrogen-bond donors (Lipinski definition) is 3. The molecule has 0 saturated heterocycles. The minimum absolute atomic E-state index is 0.0453. The van der Waals surface area contributed by atoms with E-state index in [1.807, 2.05) is 36.4 Å². The predicted molar refractivity (Wildman–Crippen MR) is 93.0 cm³/mol. The van der Waals surface area contributed by atoms with Gasteiger partial charge in [-0.3, -0.25) is 0 Å². The van der Waals surface area contributed by atoms with E-state index in [-0.39, 0.29) is 23.0 Å². The van der Waals surface area contributed by atoms with E-state index in [1.165, 1.54) is 12.1 Å². The first-order valence-electron chi connectivity index (χ1n) is 7.71. The van der Waals surface area contributed by atoms with Crippen LogP contribution in [0.3, 0.4) is 0 Å². The molecular formula is C20H14N2O3. The molecule has 4 rings (SSSR count). The fourth-order valence-corrected chi connectivity index (χ4v) is 3.25. The van der Waals surface area contributed by atoms with Gasteiger partial charge in [-0.2, -0.15) is 5.26 Å². The third kappa shape index (κ3) is 2.24. The second-order valence-corrected chi connectivity index (χ2v) is 5.88. The SMILES string of the molecule is N#CC1=C(N)Oc2c(ccc3ccccc23)C1c1ccc(O)c(O)c1. The summed E-state index contributed by atoms with van der Waals surface area (Å²) in [6.45, 7) is 0. The molecule has 5 nitrogen and oxygen atoms in total. The van der Waals surface area contributed by atoms with Gasteiger partial charge in [-0.25, -0.2) is 0 Å². The lowest BCUT2D eigenvalue weighted by Gasteiger charge is -2.27. The van der Waals surface area contributed by atoms with Crippen molar-refractivity contribution in [2.75, 3.05) is 0 Å². The lowest BCUT2D eigenvalue weighted by Crippen LogP contribution is -2.21. The van der Waals surface area contributed by atoms with Crippen molar-refractivity contribution >= 4 is 10.8 Å². The number of nitriles is 1. The minimum Gasteiger partial charge on any atom is -0.504 e. The summed E-state index contributed by atoms with van der Waals surface area (Å²) in [6.07, 6.45) is 0. The molecule has 4 N–H and O–H groups in total. The summed E-state index contributed by atoms with van der Waals surface area (Å²) >= 11 is 0. The molecule has 0 radical (unpaired) electrons. The van der Waals surface area contributed by atoms with Gasteiger partial charge in [0, 0.05) is 10.9 Å². The van der Waals surface area contributed by atoms with Crippen molar-refractivity contribution in [3.63, 3.8) is 0 Å². The molecule has 0 aromatic heterocycles. The van der Waals surface area contributed by atoms with Crippen molar-refractivity contribution < 1.29 is 14.9 Å². The van der Waals surface area contributed by atoms with E-state index in [4.69, 9.17) is 10.5 Å². The van der Waals surface area contributed by atoms with Gasteiger partial charge >= 0.3 is 0 Å². The molecule has 3 aromatic rings. The second-order valence-electron chi connectivity index (χ2n) is 5.88. The molecular weight excluding hydrogens is 316 g/mol. The Bertz CT molecular complexity index is 1080. The van der Waals surface area contributed by atoms with Crippen LogP contribution >= 0.6 is 0 Å². The monoisotopic (exact) mass is 330 g/mol. The maximum atomic E-state index is 9.86. The van der Waals surface area contributed by atoms with Crippen molar-refractivity contribution in [2.24, 2.45) is 5.73 Å². The van der Waals surface area contributed by atoms with Gasteiger partial charge in [-0.1, -0.05) is 42.5 Å². The Hall–Kier alpha value is -3.65. The van der Waals surface area contributed by atoms with Gasteiger partial charge in [0.2, 0.25) is 5.88 Å². The molecule has 0 spiro atoms. The van der Waals surface area contributed by atoms with Crippen LogP contribution in [-0.2, 0) is 0 Å². The summed E-state index contributed by atoms with van der Waals surface area (Å²) < 4.78 is 5.78. The lowest BCUT2D eigenvalue weighted by atomic mass is 9.82. The molecule has 3 aromatic carbocycles. The zero-order valence-electron chi connectivity index (χ0n) is 13.1. The van der Waals surface area contributed by atoms with Crippen molar-refractivity contribution in [1.29, 1.82) is 5.26 Å². The van der Waals surface area contributed by atoms with Crippen LogP contribution in [0.2, 0.25) is 0 Å². The largest absolute Gasteiger partial charge is 0.504 e. The molecule has 0 saturated carbocycles. The highest BCUT2D eigenvalue weighted by Crippen LogP contribution is 2.46. The molecule has 25 heavy (non-hydrogen) atoms. The highest BCUT2D eigenvalue weighted by atomic mass is 16.5. The van der Waals surface area contributed by atoms with Crippen LogP contribution < -0.4 is 10.5 Å². The average Bonchev–Trinajstić information content (AvgIpc) is 2.63. The number of hydrogen-bond acceptors (Lipinski definition) is 5. The summed E-state index contributed by atoms with van der Waals surface area (Å²) in [4.78, 5) is 0. The van der Waals surface area contributed by atoms with Crippen LogP contribution in [0.15, 0.2) is 66.1 Å². The van der Waals surface area contributed by atoms with E-state index < -0.39 is 5.92 Å². The molecule has 1 atom stereocenters. The summed E-state index contributed by atoms with van der Waals surface area (Å²) in [7, 11) is 0. The number of allylic oxidation sites excluding steroid dienone is 1. The van der Waals surface area contributed by atoms with Crippen LogP contribution in [0, 0.1) is 11.3 Å². The van der Waals surface area contributed by atoms with Crippen LogP contribution in [-0.4, -0.2) is 10.2 Å². The van der Waals surface area contributed by atoms with Gasteiger partial charge in [0.05, 0.1) is 5.92 Å². The van der Waals surface area contributed by atoms with Crippen LogP contribution in [0.25, 0.3) is 10.8 Å². The quantitative estimate of drug-likeness (QED) is 0.593. The number of aromatic hydroxyl groups is 2. The van der Waals surface area contributed by atoms with Gasteiger partial charge in [-0.15, -0.1) is 0 Å². The van der Waals surface area contributed by atoms with Crippen LogP contribution in [0.1, 0.15) is 17.0 Å². The van der Waals surface area contributed by atoms with Crippen LogP contribution in [0.5, 0.6) is 17.2 Å². The Morgan fingerprint density at radius 1 is 1.00 bits per heavy atom. The highest BCUT2D eigenvalue weighted by molar-refractivity contribution is 5.90. The van der Waals surface area contributed by atoms with E-state index in [0.29, 0.717) is 11.3 Å². The lowest BCUT2D eigenvalue weighted by molar-refractivity contribution is 0.395. The Balaban J connectivity index is 2.01. The molecule has 1 aliphatic heterocycles. The predicted octanol–water partition coefficient (Wildman–Crippen LogP) is 3.47. The molecule has 1 heterocycles. The standard InChI is InChI=1S/C20H14N2O3/c21-10-15-18(12-6-8-16(23)17(24)9-12)14-7-5-11-3-1-2-4-13(11)19(14)25-20(15)22/h1-9,18,23-24H,22H2. The number of nitrogens with two attached hydrogens (primary N) is 1. The number of nitrogens with zero attached hydrogens (tertiary/aromatic N) is 1. The molecule has 5 heteroatoms. The highest BCUT2D eigenvalue weighted by Gasteiger charge is 2.32. The molecule has 122 valence electrons. The minimum atomic E-state index is -0.482. The maximum Gasteiger partial charge on any atom is 0.205 e. The summed E-state index contributed by atoms with van der Waals surface area (Å²) in [5, 5.41) is 30.9. The maximum absolute atomic E-state index is 9.86. The number of ether oxygens (including phenoxy) is 1. The molecule has 0 bridgehead atoms. The zero-order valence-corrected chi connectivity index (χ0v) is 13.1. The van der Waals surface area contributed by atoms with Gasteiger partial charge in [0.25, 0.3) is 0 Å². The Morgan fingerprint density at radius 3 is 2.56 bits per heavy atom. The van der Waals surface area contributed by atoms with Crippen molar-refractivity contribution in [1.82, 2.24) is 0 Å². The number of phenols is 2. The van der Waals surface area contributed by atoms with Gasteiger partial charge < -0.3 is 20.7 Å². The fraction of sp³-hybridized carbons (Fsp3) is 0.0500. The van der Waals surface area contributed by atoms with E-state index in [2.05, 4.69) is 6.07 Å². The molecule has 1 unspecified atom stereocenters. The number of phenolic OH excluding ortho intramolecular Hbond substituents is 2. The third-order valence-electron chi connectivity index (χ3n) is 4.44. The summed E-state index contributed by atoms with van der Waals surface area (Å²) in [5.41, 5.74) is 7.72. The average molecular weight is 330 g/mol. The third-order valence-corrected chi connectivity index (χ3v) is 4.44. The summed E-state index contributed by atoms with van der Waals surface area (Å²) in [6, 6.07) is 18.2. The van der Waals surface area contributed by atoms with E-state index in [9.17, 15) is 15.5 Å². The van der Waals surface area contributed by atoms with Crippen molar-refractivity contribution in [2.45, 2.75) is 5.92 Å². The first-order valence-corrected chi connectivity index (χ1v) is 7.71. The van der Waals surface area contributed by atoms with E-state index >= 15 is 0 Å². The number of rotatable bonds is 1. The molecule has 1 aliphatic rings.